The van der Waals surface area contributed by atoms with Gasteiger partial charge >= 0.3 is 0 Å². The molecule has 3 aromatic rings. The van der Waals surface area contributed by atoms with Gasteiger partial charge in [-0.2, -0.15) is 0 Å². The molecule has 1 N–H and O–H groups in total. The number of halogens is 1. The molecule has 0 atom stereocenters. The molecule has 0 fully saturated rings. The van der Waals surface area contributed by atoms with Gasteiger partial charge in [0.15, 0.2) is 0 Å². The molecule has 0 radical (unpaired) electrons. The van der Waals surface area contributed by atoms with Crippen LogP contribution in [0.1, 0.15) is 15.9 Å². The minimum Gasteiger partial charge on any atom is -0.341 e. The average Bonchev–Trinajstić information content (AvgIpc) is 2.77. The van der Waals surface area contributed by atoms with Crippen LogP contribution >= 0.6 is 11.6 Å². The normalized spacial score (nSPS) is 10.6. The van der Waals surface area contributed by atoms with Gasteiger partial charge in [-0.15, -0.1) is 0 Å². The van der Waals surface area contributed by atoms with Crippen LogP contribution < -0.4 is 9.62 Å². The van der Waals surface area contributed by atoms with Crippen molar-refractivity contribution in [1.82, 2.24) is 5.32 Å². The second-order valence-electron chi connectivity index (χ2n) is 6.33. The van der Waals surface area contributed by atoms with Crippen LogP contribution in [0.15, 0.2) is 83.8 Å². The van der Waals surface area contributed by atoms with Crippen LogP contribution in [-0.2, 0) is 10.0 Å². The number of amides is 1. The molecule has 0 unspecified atom stereocenters. The van der Waals surface area contributed by atoms with Gasteiger partial charge in [-0.05, 0) is 48.5 Å². The first kappa shape index (κ1) is 21.4. The Labute approximate surface area is 181 Å². The minimum atomic E-state index is -3.86. The average molecular weight is 439 g/mol. The number of sulfonamides is 1. The van der Waals surface area contributed by atoms with Crippen LogP contribution in [0.3, 0.4) is 0 Å². The molecule has 152 valence electrons. The highest BCUT2D eigenvalue weighted by Gasteiger charge is 2.22. The number of nitrogens with one attached hydrogen (secondary N) is 1. The Hall–Kier alpha value is -3.27. The zero-order valence-electron chi connectivity index (χ0n) is 16.2. The van der Waals surface area contributed by atoms with Crippen molar-refractivity contribution in [2.45, 2.75) is 4.90 Å². The van der Waals surface area contributed by atoms with E-state index in [9.17, 15) is 13.2 Å². The molecule has 0 saturated carbocycles. The molecule has 3 rings (SSSR count). The second-order valence-corrected chi connectivity index (χ2v) is 8.74. The zero-order valence-corrected chi connectivity index (χ0v) is 17.7. The molecule has 3 aromatic carbocycles. The monoisotopic (exact) mass is 438 g/mol. The van der Waals surface area contributed by atoms with Gasteiger partial charge in [-0.3, -0.25) is 9.10 Å². The second kappa shape index (κ2) is 9.49. The lowest BCUT2D eigenvalue weighted by atomic mass is 10.2. The first-order valence-corrected chi connectivity index (χ1v) is 10.9. The Morgan fingerprint density at radius 3 is 2.47 bits per heavy atom. The summed E-state index contributed by atoms with van der Waals surface area (Å²) in [6.45, 7) is 0.146. The van der Waals surface area contributed by atoms with E-state index in [1.54, 1.807) is 30.3 Å². The van der Waals surface area contributed by atoms with Crippen molar-refractivity contribution in [3.63, 3.8) is 0 Å². The summed E-state index contributed by atoms with van der Waals surface area (Å²) in [5.41, 5.74) is 1.51. The first-order chi connectivity index (χ1) is 14.4. The SMILES string of the molecule is CN(c1cccc(Cl)c1)S(=O)(=O)c1cccc(C(=O)NCC#Cc2ccccc2)c1. The molecule has 7 heteroatoms. The van der Waals surface area contributed by atoms with E-state index in [2.05, 4.69) is 17.2 Å². The van der Waals surface area contributed by atoms with E-state index in [1.165, 1.54) is 25.2 Å². The molecule has 0 spiro atoms. The van der Waals surface area contributed by atoms with Gasteiger partial charge in [-0.1, -0.05) is 53.8 Å². The molecule has 0 saturated heterocycles. The maximum atomic E-state index is 13.0. The highest BCUT2D eigenvalue weighted by Crippen LogP contribution is 2.25. The van der Waals surface area contributed by atoms with Crippen molar-refractivity contribution in [3.05, 3.63) is 95.0 Å². The first-order valence-electron chi connectivity index (χ1n) is 9.04. The third-order valence-electron chi connectivity index (χ3n) is 4.27. The fourth-order valence-corrected chi connectivity index (χ4v) is 4.08. The molecular weight excluding hydrogens is 420 g/mol. The Morgan fingerprint density at radius 1 is 1.00 bits per heavy atom. The summed E-state index contributed by atoms with van der Waals surface area (Å²) in [6, 6.07) is 21.8. The number of carbonyl (C=O) groups excluding carboxylic acids is 1. The molecular formula is C23H19ClN2O3S. The summed E-state index contributed by atoms with van der Waals surface area (Å²) >= 11 is 5.97. The van der Waals surface area contributed by atoms with Crippen molar-refractivity contribution in [2.75, 3.05) is 17.9 Å². The van der Waals surface area contributed by atoms with Crippen molar-refractivity contribution in [2.24, 2.45) is 0 Å². The lowest BCUT2D eigenvalue weighted by Crippen LogP contribution is -2.27. The van der Waals surface area contributed by atoms with E-state index < -0.39 is 15.9 Å². The number of nitrogens with zero attached hydrogens (tertiary/aromatic N) is 1. The lowest BCUT2D eigenvalue weighted by Gasteiger charge is -2.20. The van der Waals surface area contributed by atoms with Crippen LogP contribution in [0, 0.1) is 11.8 Å². The van der Waals surface area contributed by atoms with Gasteiger partial charge in [0.05, 0.1) is 17.1 Å². The summed E-state index contributed by atoms with van der Waals surface area (Å²) < 4.78 is 27.1. The van der Waals surface area contributed by atoms with Gasteiger partial charge < -0.3 is 5.32 Å². The third-order valence-corrected chi connectivity index (χ3v) is 6.29. The molecule has 1 amide bonds. The Bertz CT molecular complexity index is 1220. The highest BCUT2D eigenvalue weighted by molar-refractivity contribution is 7.92. The predicted molar refractivity (Wildman–Crippen MR) is 119 cm³/mol. The lowest BCUT2D eigenvalue weighted by molar-refractivity contribution is 0.0958. The van der Waals surface area contributed by atoms with Crippen molar-refractivity contribution < 1.29 is 13.2 Å². The summed E-state index contributed by atoms with van der Waals surface area (Å²) in [4.78, 5) is 12.4. The quantitative estimate of drug-likeness (QED) is 0.613. The number of anilines is 1. The number of hydrogen-bond acceptors (Lipinski definition) is 3. The predicted octanol–water partition coefficient (Wildman–Crippen LogP) is 3.95. The Balaban J connectivity index is 1.73. The number of rotatable bonds is 5. The van der Waals surface area contributed by atoms with Crippen LogP contribution in [0.4, 0.5) is 5.69 Å². The van der Waals surface area contributed by atoms with E-state index in [0.717, 1.165) is 9.87 Å². The summed E-state index contributed by atoms with van der Waals surface area (Å²) in [7, 11) is -2.42. The van der Waals surface area contributed by atoms with E-state index in [0.29, 0.717) is 10.7 Å². The fourth-order valence-electron chi connectivity index (χ4n) is 2.66. The fraction of sp³-hybridized carbons (Fsp3) is 0.0870. The summed E-state index contributed by atoms with van der Waals surface area (Å²) in [6.07, 6.45) is 0. The largest absolute Gasteiger partial charge is 0.341 e. The molecule has 0 aromatic heterocycles. The topological polar surface area (TPSA) is 66.5 Å². The highest BCUT2D eigenvalue weighted by atomic mass is 35.5. The molecule has 0 aliphatic carbocycles. The maximum Gasteiger partial charge on any atom is 0.264 e. The van der Waals surface area contributed by atoms with E-state index in [1.807, 2.05) is 30.3 Å². The molecule has 0 aliphatic heterocycles. The van der Waals surface area contributed by atoms with Crippen LogP contribution in [0.2, 0.25) is 5.02 Å². The van der Waals surface area contributed by atoms with E-state index in [4.69, 9.17) is 11.6 Å². The Morgan fingerprint density at radius 2 is 1.73 bits per heavy atom. The smallest absolute Gasteiger partial charge is 0.264 e. The van der Waals surface area contributed by atoms with Crippen LogP contribution in [0.25, 0.3) is 0 Å². The summed E-state index contributed by atoms with van der Waals surface area (Å²) in [5.74, 6) is 5.42. The van der Waals surface area contributed by atoms with Crippen molar-refractivity contribution in [1.29, 1.82) is 0 Å². The van der Waals surface area contributed by atoms with Gasteiger partial charge in [-0.25, -0.2) is 8.42 Å². The van der Waals surface area contributed by atoms with Gasteiger partial charge in [0.2, 0.25) is 0 Å². The number of hydrogen-bond donors (Lipinski definition) is 1. The van der Waals surface area contributed by atoms with Crippen molar-refractivity contribution >= 4 is 33.2 Å². The number of benzene rings is 3. The van der Waals surface area contributed by atoms with E-state index >= 15 is 0 Å². The minimum absolute atomic E-state index is 0.00740. The Kier molecular flexibility index (Phi) is 6.78. The van der Waals surface area contributed by atoms with E-state index in [-0.39, 0.29) is 17.0 Å². The van der Waals surface area contributed by atoms with Gasteiger partial charge in [0.25, 0.3) is 15.9 Å². The van der Waals surface area contributed by atoms with Crippen LogP contribution in [0.5, 0.6) is 0 Å². The standard InChI is InChI=1S/C23H19ClN2O3S/c1-26(21-13-6-12-20(24)17-21)30(28,29)22-14-5-11-19(16-22)23(27)25-15-7-10-18-8-3-2-4-9-18/h2-6,8-9,11-14,16-17H,15H2,1H3,(H,25,27). The molecule has 0 heterocycles. The maximum absolute atomic E-state index is 13.0. The molecule has 0 aliphatic rings. The van der Waals surface area contributed by atoms with Crippen molar-refractivity contribution in [3.8, 4) is 11.8 Å². The van der Waals surface area contributed by atoms with Crippen LogP contribution in [-0.4, -0.2) is 27.9 Å². The number of carbonyl (C=O) groups is 1. The molecule has 5 nitrogen and oxygen atoms in total. The van der Waals surface area contributed by atoms with Gasteiger partial charge in [0, 0.05) is 23.2 Å². The zero-order chi connectivity index (χ0) is 21.6. The molecule has 0 bridgehead atoms. The summed E-state index contributed by atoms with van der Waals surface area (Å²) in [5, 5.41) is 3.11. The molecule has 30 heavy (non-hydrogen) atoms. The third kappa shape index (κ3) is 5.20. The van der Waals surface area contributed by atoms with Gasteiger partial charge in [0.1, 0.15) is 0 Å².